The molecule has 0 aliphatic carbocycles. The quantitative estimate of drug-likeness (QED) is 0.313. The van der Waals surface area contributed by atoms with Gasteiger partial charge >= 0.3 is 5.97 Å². The van der Waals surface area contributed by atoms with Crippen LogP contribution in [0, 0.1) is 17.0 Å². The molecule has 0 spiro atoms. The van der Waals surface area contributed by atoms with E-state index in [9.17, 15) is 19.7 Å². The molecule has 2 rings (SSSR count). The van der Waals surface area contributed by atoms with E-state index in [1.165, 1.54) is 32.4 Å². The van der Waals surface area contributed by atoms with Gasteiger partial charge in [-0.25, -0.2) is 4.79 Å². The number of methoxy groups -OCH3 is 2. The standard InChI is InChI=1S/C20H20N2O7/c1-13-5-4-6-17(22(25)26)20(13)21-18(23)12-29-19(24)8-7-14-9-15(27-2)11-16(10-14)28-3/h4-11H,12H2,1-3H3,(H,21,23)/b8-7+. The minimum absolute atomic E-state index is 0.0672. The van der Waals surface area contributed by atoms with Crippen molar-refractivity contribution in [3.8, 4) is 11.5 Å². The van der Waals surface area contributed by atoms with E-state index in [0.717, 1.165) is 6.08 Å². The predicted molar refractivity (Wildman–Crippen MR) is 106 cm³/mol. The van der Waals surface area contributed by atoms with Crippen molar-refractivity contribution in [1.29, 1.82) is 0 Å². The Morgan fingerprint density at radius 1 is 1.14 bits per heavy atom. The van der Waals surface area contributed by atoms with Gasteiger partial charge in [-0.15, -0.1) is 0 Å². The maximum absolute atomic E-state index is 12.0. The molecule has 0 fully saturated rings. The zero-order chi connectivity index (χ0) is 21.4. The number of nitro benzene ring substituents is 1. The van der Waals surface area contributed by atoms with Crippen molar-refractivity contribution in [1.82, 2.24) is 0 Å². The van der Waals surface area contributed by atoms with E-state index in [2.05, 4.69) is 5.32 Å². The maximum atomic E-state index is 12.0. The monoisotopic (exact) mass is 400 g/mol. The second-order valence-electron chi connectivity index (χ2n) is 5.86. The molecule has 0 heterocycles. The summed E-state index contributed by atoms with van der Waals surface area (Å²) in [6, 6.07) is 9.48. The molecule has 0 saturated carbocycles. The van der Waals surface area contributed by atoms with Crippen LogP contribution in [0.5, 0.6) is 11.5 Å². The number of carbonyl (C=O) groups is 2. The summed E-state index contributed by atoms with van der Waals surface area (Å²) in [7, 11) is 3.02. The van der Waals surface area contributed by atoms with Crippen molar-refractivity contribution in [3.63, 3.8) is 0 Å². The van der Waals surface area contributed by atoms with Crippen molar-refractivity contribution < 1.29 is 28.7 Å². The molecule has 0 aromatic heterocycles. The van der Waals surface area contributed by atoms with Gasteiger partial charge in [-0.2, -0.15) is 0 Å². The second-order valence-corrected chi connectivity index (χ2v) is 5.86. The predicted octanol–water partition coefficient (Wildman–Crippen LogP) is 3.12. The first-order chi connectivity index (χ1) is 13.8. The van der Waals surface area contributed by atoms with Gasteiger partial charge in [0.25, 0.3) is 11.6 Å². The summed E-state index contributed by atoms with van der Waals surface area (Å²) in [5.74, 6) is -0.332. The maximum Gasteiger partial charge on any atom is 0.331 e. The van der Waals surface area contributed by atoms with Crippen LogP contribution >= 0.6 is 0 Å². The first-order valence-corrected chi connectivity index (χ1v) is 8.45. The lowest BCUT2D eigenvalue weighted by atomic mass is 10.1. The number of aryl methyl sites for hydroxylation is 1. The van der Waals surface area contributed by atoms with E-state index in [1.807, 2.05) is 0 Å². The number of hydrogen-bond donors (Lipinski definition) is 1. The number of carbonyl (C=O) groups excluding carboxylic acids is 2. The van der Waals surface area contributed by atoms with Crippen LogP contribution in [0.1, 0.15) is 11.1 Å². The minimum atomic E-state index is -0.749. The fourth-order valence-electron chi connectivity index (χ4n) is 2.42. The molecule has 0 unspecified atom stereocenters. The molecule has 29 heavy (non-hydrogen) atoms. The van der Waals surface area contributed by atoms with Crippen molar-refractivity contribution in [3.05, 3.63) is 63.7 Å². The van der Waals surface area contributed by atoms with Gasteiger partial charge in [0.15, 0.2) is 6.61 Å². The Morgan fingerprint density at radius 3 is 2.38 bits per heavy atom. The highest BCUT2D eigenvalue weighted by Gasteiger charge is 2.18. The lowest BCUT2D eigenvalue weighted by Crippen LogP contribution is -2.21. The topological polar surface area (TPSA) is 117 Å². The lowest BCUT2D eigenvalue weighted by molar-refractivity contribution is -0.384. The van der Waals surface area contributed by atoms with Gasteiger partial charge in [0.05, 0.1) is 19.1 Å². The molecular formula is C20H20N2O7. The Kier molecular flexibility index (Phi) is 7.30. The highest BCUT2D eigenvalue weighted by molar-refractivity contribution is 5.96. The highest BCUT2D eigenvalue weighted by atomic mass is 16.6. The summed E-state index contributed by atoms with van der Waals surface area (Å²) in [5.41, 5.74) is 0.984. The molecular weight excluding hydrogens is 380 g/mol. The number of anilines is 1. The average Bonchev–Trinajstić information content (AvgIpc) is 2.71. The minimum Gasteiger partial charge on any atom is -0.497 e. The molecule has 0 atom stereocenters. The molecule has 0 radical (unpaired) electrons. The number of amides is 1. The zero-order valence-electron chi connectivity index (χ0n) is 16.1. The largest absolute Gasteiger partial charge is 0.497 e. The summed E-state index contributed by atoms with van der Waals surface area (Å²) in [6.45, 7) is 1.04. The summed E-state index contributed by atoms with van der Waals surface area (Å²) < 4.78 is 15.2. The van der Waals surface area contributed by atoms with Crippen LogP contribution in [0.2, 0.25) is 0 Å². The Balaban J connectivity index is 1.97. The van der Waals surface area contributed by atoms with Crippen LogP contribution in [0.4, 0.5) is 11.4 Å². The van der Waals surface area contributed by atoms with Crippen LogP contribution in [-0.4, -0.2) is 37.6 Å². The third kappa shape index (κ3) is 6.06. The van der Waals surface area contributed by atoms with Gasteiger partial charge in [0, 0.05) is 18.2 Å². The van der Waals surface area contributed by atoms with E-state index >= 15 is 0 Å². The van der Waals surface area contributed by atoms with E-state index in [1.54, 1.807) is 31.2 Å². The number of hydrogen-bond acceptors (Lipinski definition) is 7. The number of esters is 1. The van der Waals surface area contributed by atoms with Gasteiger partial charge < -0.3 is 19.5 Å². The fourth-order valence-corrected chi connectivity index (χ4v) is 2.42. The Morgan fingerprint density at radius 2 is 1.79 bits per heavy atom. The van der Waals surface area contributed by atoms with E-state index in [4.69, 9.17) is 14.2 Å². The Labute approximate surface area is 167 Å². The van der Waals surface area contributed by atoms with Gasteiger partial charge in [0.1, 0.15) is 17.2 Å². The Hall–Kier alpha value is -3.88. The summed E-state index contributed by atoms with van der Waals surface area (Å²) >= 11 is 0. The summed E-state index contributed by atoms with van der Waals surface area (Å²) in [4.78, 5) is 34.4. The first kappa shape index (κ1) is 21.4. The fraction of sp³-hybridized carbons (Fsp3) is 0.200. The summed E-state index contributed by atoms with van der Waals surface area (Å²) in [6.07, 6.45) is 2.63. The van der Waals surface area contributed by atoms with Gasteiger partial charge in [-0.3, -0.25) is 14.9 Å². The molecule has 9 nitrogen and oxygen atoms in total. The molecule has 0 saturated heterocycles. The molecule has 152 valence electrons. The third-order valence-corrected chi connectivity index (χ3v) is 3.84. The molecule has 2 aromatic rings. The number of rotatable bonds is 8. The first-order valence-electron chi connectivity index (χ1n) is 8.45. The molecule has 0 bridgehead atoms. The van der Waals surface area contributed by atoms with Gasteiger partial charge in [0.2, 0.25) is 0 Å². The number of para-hydroxylation sites is 1. The number of nitrogens with one attached hydrogen (secondary N) is 1. The van der Waals surface area contributed by atoms with Crippen LogP contribution < -0.4 is 14.8 Å². The number of ether oxygens (including phenoxy) is 3. The van der Waals surface area contributed by atoms with Crippen LogP contribution in [0.3, 0.4) is 0 Å². The second kappa shape index (κ2) is 9.88. The average molecular weight is 400 g/mol. The molecule has 1 amide bonds. The molecule has 9 heteroatoms. The number of nitro groups is 1. The van der Waals surface area contributed by atoms with Crippen LogP contribution in [0.25, 0.3) is 6.08 Å². The summed E-state index contributed by atoms with van der Waals surface area (Å²) in [5, 5.41) is 13.5. The van der Waals surface area contributed by atoms with Gasteiger partial charge in [-0.05, 0) is 36.3 Å². The van der Waals surface area contributed by atoms with Crippen molar-refractivity contribution >= 4 is 29.3 Å². The molecule has 0 aliphatic rings. The molecule has 0 aliphatic heterocycles. The van der Waals surface area contributed by atoms with Gasteiger partial charge in [-0.1, -0.05) is 12.1 Å². The molecule has 2 aromatic carbocycles. The number of nitrogens with zero attached hydrogens (tertiary/aromatic N) is 1. The normalized spacial score (nSPS) is 10.4. The van der Waals surface area contributed by atoms with Crippen LogP contribution in [0.15, 0.2) is 42.5 Å². The zero-order valence-corrected chi connectivity index (χ0v) is 16.1. The van der Waals surface area contributed by atoms with Crippen molar-refractivity contribution in [2.24, 2.45) is 0 Å². The van der Waals surface area contributed by atoms with E-state index < -0.39 is 23.4 Å². The van der Waals surface area contributed by atoms with Crippen LogP contribution in [-0.2, 0) is 14.3 Å². The Bertz CT molecular complexity index is 932. The number of benzene rings is 2. The SMILES string of the molecule is COc1cc(/C=C/C(=O)OCC(=O)Nc2c(C)cccc2[N+](=O)[O-])cc(OC)c1. The van der Waals surface area contributed by atoms with Crippen molar-refractivity contribution in [2.75, 3.05) is 26.1 Å². The highest BCUT2D eigenvalue weighted by Crippen LogP contribution is 2.27. The van der Waals surface area contributed by atoms with Crippen molar-refractivity contribution in [2.45, 2.75) is 6.92 Å². The van der Waals surface area contributed by atoms with E-state index in [0.29, 0.717) is 22.6 Å². The third-order valence-electron chi connectivity index (χ3n) is 3.84. The smallest absolute Gasteiger partial charge is 0.331 e. The van der Waals surface area contributed by atoms with E-state index in [-0.39, 0.29) is 11.4 Å². The molecule has 1 N–H and O–H groups in total. The lowest BCUT2D eigenvalue weighted by Gasteiger charge is -2.09.